The molecule has 0 aromatic heterocycles. The molecule has 1 saturated heterocycles. The summed E-state index contributed by atoms with van der Waals surface area (Å²) in [5.41, 5.74) is -0.836. The molecule has 0 bridgehead atoms. The van der Waals surface area contributed by atoms with Gasteiger partial charge in [0, 0.05) is 0 Å². The quantitative estimate of drug-likeness (QED) is 0.681. The Hall–Kier alpha value is -1.23. The third kappa shape index (κ3) is 2.78. The third-order valence-electron chi connectivity index (χ3n) is 2.72. The predicted octanol–water partition coefficient (Wildman–Crippen LogP) is -0.326. The molecule has 1 aromatic rings. The van der Waals surface area contributed by atoms with Crippen molar-refractivity contribution in [1.82, 2.24) is 5.32 Å². The number of amides is 1. The van der Waals surface area contributed by atoms with E-state index in [4.69, 9.17) is 28.3 Å². The van der Waals surface area contributed by atoms with Crippen molar-refractivity contribution in [3.63, 3.8) is 0 Å². The Bertz CT molecular complexity index is 466. The van der Waals surface area contributed by atoms with Gasteiger partial charge in [-0.1, -0.05) is 12.1 Å². The van der Waals surface area contributed by atoms with E-state index in [-0.39, 0.29) is 13.0 Å². The van der Waals surface area contributed by atoms with Crippen LogP contribution in [0.25, 0.3) is 0 Å². The SMILES string of the molecule is [B]C1([B])CC([B])(c2ccc(F)cc2)OCC(=O)N1. The maximum absolute atomic E-state index is 12.9. The fraction of sp³-hybridized carbons (Fsp3) is 0.364. The Kier molecular flexibility index (Phi) is 3.28. The van der Waals surface area contributed by atoms with Crippen LogP contribution in [0.15, 0.2) is 24.3 Å². The van der Waals surface area contributed by atoms with E-state index in [0.717, 1.165) is 0 Å². The van der Waals surface area contributed by atoms with E-state index in [1.807, 2.05) is 0 Å². The van der Waals surface area contributed by atoms with Gasteiger partial charge >= 0.3 is 0 Å². The normalized spacial score (nSPS) is 27.3. The van der Waals surface area contributed by atoms with Crippen LogP contribution in [-0.2, 0) is 15.0 Å². The molecule has 2 rings (SSSR count). The van der Waals surface area contributed by atoms with Crippen molar-refractivity contribution in [2.45, 2.75) is 17.3 Å². The second-order valence-corrected chi connectivity index (χ2v) is 4.45. The molecule has 0 saturated carbocycles. The molecule has 3 nitrogen and oxygen atoms in total. The standard InChI is InChI=1S/C11H9B3FNO2/c12-10(7-1-3-8(15)4-2-7)6-11(13,14)16-9(17)5-18-10/h1-4H,5-6H2,(H,16,17). The van der Waals surface area contributed by atoms with Crippen molar-refractivity contribution in [1.29, 1.82) is 0 Å². The first-order chi connectivity index (χ1) is 8.31. The van der Waals surface area contributed by atoms with Crippen LogP contribution in [0.3, 0.4) is 0 Å². The lowest BCUT2D eigenvalue weighted by molar-refractivity contribution is -0.127. The molecule has 1 amide bonds. The van der Waals surface area contributed by atoms with Crippen molar-refractivity contribution in [3.05, 3.63) is 35.6 Å². The molecule has 86 valence electrons. The first-order valence-corrected chi connectivity index (χ1v) is 5.38. The highest BCUT2D eigenvalue weighted by Crippen LogP contribution is 2.31. The van der Waals surface area contributed by atoms with Crippen molar-refractivity contribution >= 4 is 29.4 Å². The molecule has 1 unspecified atom stereocenters. The molecule has 1 aliphatic heterocycles. The fourth-order valence-electron chi connectivity index (χ4n) is 1.94. The van der Waals surface area contributed by atoms with E-state index in [2.05, 4.69) is 5.32 Å². The number of carbonyl (C=O) groups is 1. The van der Waals surface area contributed by atoms with Crippen LogP contribution in [-0.4, -0.2) is 41.4 Å². The number of carbonyl (C=O) groups excluding carboxylic acids is 1. The smallest absolute Gasteiger partial charge is 0.245 e. The minimum Gasteiger partial charge on any atom is -0.371 e. The summed E-state index contributed by atoms with van der Waals surface area (Å²) >= 11 is 0. The summed E-state index contributed by atoms with van der Waals surface area (Å²) in [7, 11) is 17.5. The number of rotatable bonds is 1. The van der Waals surface area contributed by atoms with Crippen LogP contribution < -0.4 is 5.32 Å². The zero-order valence-corrected chi connectivity index (χ0v) is 9.65. The van der Waals surface area contributed by atoms with E-state index in [9.17, 15) is 9.18 Å². The lowest BCUT2D eigenvalue weighted by Gasteiger charge is -2.36. The van der Waals surface area contributed by atoms with E-state index in [1.54, 1.807) is 0 Å². The van der Waals surface area contributed by atoms with Gasteiger partial charge in [-0.15, -0.1) is 0 Å². The van der Waals surface area contributed by atoms with Gasteiger partial charge in [-0.25, -0.2) is 4.39 Å². The second kappa shape index (κ2) is 4.46. The first-order valence-electron chi connectivity index (χ1n) is 5.38. The maximum Gasteiger partial charge on any atom is 0.245 e. The Morgan fingerprint density at radius 2 is 1.83 bits per heavy atom. The van der Waals surface area contributed by atoms with Gasteiger partial charge in [0.1, 0.15) is 20.3 Å². The van der Waals surface area contributed by atoms with Crippen molar-refractivity contribution < 1.29 is 13.9 Å². The van der Waals surface area contributed by atoms with E-state index < -0.39 is 22.6 Å². The highest BCUT2D eigenvalue weighted by molar-refractivity contribution is 6.41. The minimum absolute atomic E-state index is 0.0304. The third-order valence-corrected chi connectivity index (χ3v) is 2.72. The van der Waals surface area contributed by atoms with Gasteiger partial charge in [0.25, 0.3) is 0 Å². The summed E-state index contributed by atoms with van der Waals surface area (Å²) in [6, 6.07) is 5.45. The highest BCUT2D eigenvalue weighted by atomic mass is 19.1. The lowest BCUT2D eigenvalue weighted by atomic mass is 9.53. The minimum atomic E-state index is -1.48. The van der Waals surface area contributed by atoms with Gasteiger partial charge in [-0.05, 0) is 29.5 Å². The Morgan fingerprint density at radius 3 is 2.44 bits per heavy atom. The molecular formula is C11H9B3FNO2. The number of hydrogen-bond acceptors (Lipinski definition) is 2. The summed E-state index contributed by atoms with van der Waals surface area (Å²) in [5.74, 6) is -0.841. The van der Waals surface area contributed by atoms with E-state index in [0.29, 0.717) is 5.56 Å². The topological polar surface area (TPSA) is 38.3 Å². The molecule has 1 aliphatic rings. The average molecular weight is 239 g/mol. The van der Waals surface area contributed by atoms with Gasteiger partial charge in [0.05, 0.1) is 21.2 Å². The molecule has 0 aliphatic carbocycles. The van der Waals surface area contributed by atoms with Crippen LogP contribution >= 0.6 is 0 Å². The van der Waals surface area contributed by atoms with Gasteiger partial charge in [-0.2, -0.15) is 0 Å². The van der Waals surface area contributed by atoms with Crippen molar-refractivity contribution in [3.8, 4) is 0 Å². The zero-order valence-electron chi connectivity index (χ0n) is 9.65. The van der Waals surface area contributed by atoms with Gasteiger partial charge in [-0.3, -0.25) is 4.79 Å². The first kappa shape index (κ1) is 13.2. The zero-order chi connectivity index (χ0) is 13.4. The number of halogens is 1. The summed E-state index contributed by atoms with van der Waals surface area (Å²) < 4.78 is 18.2. The molecule has 6 radical (unpaired) electrons. The number of benzene rings is 1. The molecule has 1 heterocycles. The van der Waals surface area contributed by atoms with Crippen molar-refractivity contribution in [2.75, 3.05) is 6.61 Å². The predicted molar refractivity (Wildman–Crippen MR) is 66.8 cm³/mol. The van der Waals surface area contributed by atoms with Gasteiger partial charge in [0.2, 0.25) is 5.91 Å². The Balaban J connectivity index is 2.34. The van der Waals surface area contributed by atoms with E-state index >= 15 is 0 Å². The summed E-state index contributed by atoms with van der Waals surface area (Å²) in [4.78, 5) is 11.4. The van der Waals surface area contributed by atoms with Gasteiger partial charge in [0.15, 0.2) is 0 Å². The number of nitrogens with one attached hydrogen (secondary N) is 1. The largest absolute Gasteiger partial charge is 0.371 e. The van der Waals surface area contributed by atoms with Crippen molar-refractivity contribution in [2.24, 2.45) is 0 Å². The molecule has 1 N–H and O–H groups in total. The van der Waals surface area contributed by atoms with Crippen LogP contribution in [0.5, 0.6) is 0 Å². The van der Waals surface area contributed by atoms with Gasteiger partial charge < -0.3 is 10.1 Å². The number of hydrogen-bond donors (Lipinski definition) is 1. The molecule has 0 spiro atoms. The molecule has 7 heteroatoms. The molecule has 1 atom stereocenters. The van der Waals surface area contributed by atoms with Crippen LogP contribution in [0, 0.1) is 5.82 Å². The van der Waals surface area contributed by atoms with Crippen LogP contribution in [0.4, 0.5) is 4.39 Å². The lowest BCUT2D eigenvalue weighted by Crippen LogP contribution is -2.51. The Labute approximate surface area is 109 Å². The Morgan fingerprint density at radius 1 is 1.22 bits per heavy atom. The van der Waals surface area contributed by atoms with E-state index in [1.165, 1.54) is 24.3 Å². The fourth-order valence-corrected chi connectivity index (χ4v) is 1.94. The van der Waals surface area contributed by atoms with Crippen LogP contribution in [0.1, 0.15) is 12.0 Å². The summed E-state index contributed by atoms with van der Waals surface area (Å²) in [6.07, 6.45) is -0.0304. The monoisotopic (exact) mass is 239 g/mol. The average Bonchev–Trinajstić information content (AvgIpc) is 2.35. The molecule has 18 heavy (non-hydrogen) atoms. The van der Waals surface area contributed by atoms with Crippen LogP contribution in [0.2, 0.25) is 0 Å². The summed E-state index contributed by atoms with van der Waals surface area (Å²) in [5, 5.41) is 0.917. The number of ether oxygens (including phenoxy) is 1. The molecule has 1 aromatic carbocycles. The molecular weight excluding hydrogens is 230 g/mol. The molecule has 1 fully saturated rings. The highest BCUT2D eigenvalue weighted by Gasteiger charge is 2.37. The maximum atomic E-state index is 12.9. The summed E-state index contributed by atoms with van der Waals surface area (Å²) in [6.45, 7) is -0.260. The second-order valence-electron chi connectivity index (χ2n) is 4.45.